The molecular formula is C16H29N3. The zero-order chi connectivity index (χ0) is 14.6. The number of likely N-dealkylation sites (N-methyl/N-ethyl adjacent to an activating group) is 2. The van der Waals surface area contributed by atoms with Crippen molar-refractivity contribution in [2.24, 2.45) is 5.73 Å². The van der Waals surface area contributed by atoms with Crippen LogP contribution in [-0.2, 0) is 0 Å². The summed E-state index contributed by atoms with van der Waals surface area (Å²) in [6.07, 6.45) is 0. The van der Waals surface area contributed by atoms with Gasteiger partial charge in [-0.2, -0.15) is 0 Å². The van der Waals surface area contributed by atoms with E-state index in [1.54, 1.807) is 0 Å². The number of benzene rings is 1. The number of hydrogen-bond donors (Lipinski definition) is 1. The summed E-state index contributed by atoms with van der Waals surface area (Å²) >= 11 is 0. The van der Waals surface area contributed by atoms with Crippen LogP contribution in [0.4, 0.5) is 0 Å². The fourth-order valence-corrected chi connectivity index (χ4v) is 2.67. The van der Waals surface area contributed by atoms with Gasteiger partial charge in [0.1, 0.15) is 0 Å². The minimum atomic E-state index is 0.0905. The van der Waals surface area contributed by atoms with E-state index in [9.17, 15) is 0 Å². The highest BCUT2D eigenvalue weighted by molar-refractivity contribution is 5.39. The lowest BCUT2D eigenvalue weighted by Gasteiger charge is -2.25. The van der Waals surface area contributed by atoms with Gasteiger partial charge in [-0.25, -0.2) is 0 Å². The van der Waals surface area contributed by atoms with E-state index in [1.807, 2.05) is 0 Å². The molecule has 1 atom stereocenters. The van der Waals surface area contributed by atoms with Crippen LogP contribution in [-0.4, -0.2) is 50.6 Å². The minimum Gasteiger partial charge on any atom is -0.323 e. The highest BCUT2D eigenvalue weighted by Gasteiger charge is 2.14. The van der Waals surface area contributed by atoms with Crippen LogP contribution in [0, 0.1) is 20.8 Å². The third-order valence-electron chi connectivity index (χ3n) is 3.55. The van der Waals surface area contributed by atoms with Crippen LogP contribution < -0.4 is 5.73 Å². The SMILES string of the molecule is Cc1cc(C)c(C(N)CN(C)CCN(C)C)c(C)c1. The Morgan fingerprint density at radius 2 is 1.53 bits per heavy atom. The Balaban J connectivity index is 2.70. The fourth-order valence-electron chi connectivity index (χ4n) is 2.67. The summed E-state index contributed by atoms with van der Waals surface area (Å²) in [6.45, 7) is 9.47. The van der Waals surface area contributed by atoms with Crippen LogP contribution in [0.25, 0.3) is 0 Å². The lowest BCUT2D eigenvalue weighted by atomic mass is 9.94. The van der Waals surface area contributed by atoms with Crippen molar-refractivity contribution in [2.45, 2.75) is 26.8 Å². The summed E-state index contributed by atoms with van der Waals surface area (Å²) in [5.74, 6) is 0. The van der Waals surface area contributed by atoms with Gasteiger partial charge in [0.25, 0.3) is 0 Å². The fraction of sp³-hybridized carbons (Fsp3) is 0.625. The normalized spacial score (nSPS) is 13.3. The molecule has 3 heteroatoms. The van der Waals surface area contributed by atoms with Gasteiger partial charge < -0.3 is 15.5 Å². The van der Waals surface area contributed by atoms with E-state index in [-0.39, 0.29) is 6.04 Å². The Morgan fingerprint density at radius 3 is 2.00 bits per heavy atom. The molecule has 1 unspecified atom stereocenters. The lowest BCUT2D eigenvalue weighted by molar-refractivity contribution is 0.269. The van der Waals surface area contributed by atoms with Crippen LogP contribution in [0.3, 0.4) is 0 Å². The molecule has 108 valence electrons. The van der Waals surface area contributed by atoms with Crippen molar-refractivity contribution in [3.63, 3.8) is 0 Å². The summed E-state index contributed by atoms with van der Waals surface area (Å²) < 4.78 is 0. The molecule has 0 aromatic heterocycles. The molecular weight excluding hydrogens is 234 g/mol. The molecule has 0 heterocycles. The predicted octanol–water partition coefficient (Wildman–Crippen LogP) is 2.11. The number of nitrogens with two attached hydrogens (primary N) is 1. The number of rotatable bonds is 6. The molecule has 1 rings (SSSR count). The average Bonchev–Trinajstić information content (AvgIpc) is 2.24. The minimum absolute atomic E-state index is 0.0905. The first-order chi connectivity index (χ1) is 8.81. The van der Waals surface area contributed by atoms with Crippen LogP contribution in [0.15, 0.2) is 12.1 Å². The number of aryl methyl sites for hydroxylation is 3. The summed E-state index contributed by atoms with van der Waals surface area (Å²) in [7, 11) is 6.34. The molecule has 0 amide bonds. The van der Waals surface area contributed by atoms with E-state index in [0.717, 1.165) is 19.6 Å². The van der Waals surface area contributed by atoms with E-state index in [0.29, 0.717) is 0 Å². The maximum Gasteiger partial charge on any atom is 0.0429 e. The van der Waals surface area contributed by atoms with E-state index < -0.39 is 0 Å². The van der Waals surface area contributed by atoms with E-state index in [2.05, 4.69) is 63.8 Å². The summed E-state index contributed by atoms with van der Waals surface area (Å²) in [5.41, 5.74) is 11.6. The Morgan fingerprint density at radius 1 is 1.00 bits per heavy atom. The first-order valence-corrected chi connectivity index (χ1v) is 6.98. The van der Waals surface area contributed by atoms with Crippen molar-refractivity contribution in [1.82, 2.24) is 9.80 Å². The van der Waals surface area contributed by atoms with Crippen molar-refractivity contribution in [3.8, 4) is 0 Å². The van der Waals surface area contributed by atoms with Crippen LogP contribution in [0.5, 0.6) is 0 Å². The molecule has 0 radical (unpaired) electrons. The van der Waals surface area contributed by atoms with Crippen LogP contribution in [0.1, 0.15) is 28.3 Å². The van der Waals surface area contributed by atoms with Crippen LogP contribution in [0.2, 0.25) is 0 Å². The van der Waals surface area contributed by atoms with Crippen LogP contribution >= 0.6 is 0 Å². The average molecular weight is 263 g/mol. The first kappa shape index (κ1) is 16.2. The predicted molar refractivity (Wildman–Crippen MR) is 83.6 cm³/mol. The quantitative estimate of drug-likeness (QED) is 0.853. The summed E-state index contributed by atoms with van der Waals surface area (Å²) in [5, 5.41) is 0. The van der Waals surface area contributed by atoms with Gasteiger partial charge in [-0.05, 0) is 58.6 Å². The van der Waals surface area contributed by atoms with Crippen molar-refractivity contribution in [3.05, 3.63) is 34.4 Å². The topological polar surface area (TPSA) is 32.5 Å². The third kappa shape index (κ3) is 4.94. The van der Waals surface area contributed by atoms with Crippen molar-refractivity contribution < 1.29 is 0 Å². The molecule has 0 aliphatic heterocycles. The maximum absolute atomic E-state index is 6.40. The summed E-state index contributed by atoms with van der Waals surface area (Å²) in [6, 6.07) is 4.54. The van der Waals surface area contributed by atoms with E-state index in [4.69, 9.17) is 5.73 Å². The van der Waals surface area contributed by atoms with Gasteiger partial charge in [-0.15, -0.1) is 0 Å². The molecule has 0 aliphatic carbocycles. The standard InChI is InChI=1S/C16H29N3/c1-12-9-13(2)16(14(3)10-12)15(17)11-19(6)8-7-18(4)5/h9-10,15H,7-8,11,17H2,1-6H3. The zero-order valence-corrected chi connectivity index (χ0v) is 13.3. The molecule has 1 aromatic carbocycles. The molecule has 19 heavy (non-hydrogen) atoms. The molecule has 0 fully saturated rings. The van der Waals surface area contributed by atoms with Crippen molar-refractivity contribution in [1.29, 1.82) is 0 Å². The van der Waals surface area contributed by atoms with Gasteiger partial charge in [0.05, 0.1) is 0 Å². The molecule has 1 aromatic rings. The second kappa shape index (κ2) is 7.04. The molecule has 0 spiro atoms. The second-order valence-corrected chi connectivity index (χ2v) is 5.98. The van der Waals surface area contributed by atoms with Gasteiger partial charge in [-0.1, -0.05) is 17.7 Å². The Bertz CT molecular complexity index is 389. The van der Waals surface area contributed by atoms with Gasteiger partial charge in [0, 0.05) is 25.7 Å². The molecule has 0 aliphatic rings. The molecule has 3 nitrogen and oxygen atoms in total. The Labute approximate surface area is 118 Å². The Hall–Kier alpha value is -0.900. The maximum atomic E-state index is 6.40. The Kier molecular flexibility index (Phi) is 5.98. The summed E-state index contributed by atoms with van der Waals surface area (Å²) in [4.78, 5) is 4.51. The molecule has 0 bridgehead atoms. The highest BCUT2D eigenvalue weighted by Crippen LogP contribution is 2.22. The van der Waals surface area contributed by atoms with E-state index in [1.165, 1.54) is 22.3 Å². The van der Waals surface area contributed by atoms with Gasteiger partial charge in [-0.3, -0.25) is 0 Å². The zero-order valence-electron chi connectivity index (χ0n) is 13.3. The monoisotopic (exact) mass is 263 g/mol. The van der Waals surface area contributed by atoms with Crippen molar-refractivity contribution >= 4 is 0 Å². The van der Waals surface area contributed by atoms with E-state index >= 15 is 0 Å². The lowest BCUT2D eigenvalue weighted by Crippen LogP contribution is -2.34. The third-order valence-corrected chi connectivity index (χ3v) is 3.55. The molecule has 0 saturated carbocycles. The second-order valence-electron chi connectivity index (χ2n) is 5.98. The molecule has 0 saturated heterocycles. The highest BCUT2D eigenvalue weighted by atomic mass is 15.2. The molecule has 2 N–H and O–H groups in total. The number of nitrogens with zero attached hydrogens (tertiary/aromatic N) is 2. The van der Waals surface area contributed by atoms with Gasteiger partial charge in [0.15, 0.2) is 0 Å². The first-order valence-electron chi connectivity index (χ1n) is 6.98. The largest absolute Gasteiger partial charge is 0.323 e. The number of hydrogen-bond acceptors (Lipinski definition) is 3. The van der Waals surface area contributed by atoms with Crippen molar-refractivity contribution in [2.75, 3.05) is 40.8 Å². The van der Waals surface area contributed by atoms with Gasteiger partial charge in [0.2, 0.25) is 0 Å². The smallest absolute Gasteiger partial charge is 0.0429 e. The van der Waals surface area contributed by atoms with Gasteiger partial charge >= 0.3 is 0 Å².